The van der Waals surface area contributed by atoms with Crippen molar-refractivity contribution in [2.75, 3.05) is 5.32 Å². The van der Waals surface area contributed by atoms with Gasteiger partial charge >= 0.3 is 11.5 Å². The van der Waals surface area contributed by atoms with Crippen LogP contribution in [0.1, 0.15) is 5.56 Å². The van der Waals surface area contributed by atoms with Gasteiger partial charge < -0.3 is 14.9 Å². The van der Waals surface area contributed by atoms with Crippen molar-refractivity contribution in [1.82, 2.24) is 4.98 Å². The quantitative estimate of drug-likeness (QED) is 0.508. The average Bonchev–Trinajstić information content (AvgIpc) is 2.97. The van der Waals surface area contributed by atoms with Crippen molar-refractivity contribution < 1.29 is 19.8 Å². The van der Waals surface area contributed by atoms with Gasteiger partial charge in [-0.3, -0.25) is 15.4 Å². The minimum Gasteiger partial charge on any atom is -0.546 e. The molecule has 3 rings (SSSR count). The number of nitrogens with zero attached hydrogens (tertiary/aromatic N) is 1. The normalized spacial score (nSPS) is 12.0. The summed E-state index contributed by atoms with van der Waals surface area (Å²) in [6.07, 6.45) is 3.32. The SMILES string of the molecule is O=C([O-])[C@H](Cc1c[nH]c2ccccc12)Nc1[nH+]cccc1[N+](=O)[O-]. The maximum absolute atomic E-state index is 11.5. The molecule has 1 aromatic carbocycles. The van der Waals surface area contributed by atoms with Crippen molar-refractivity contribution >= 4 is 28.4 Å². The first-order valence-electron chi connectivity index (χ1n) is 7.23. The van der Waals surface area contributed by atoms with E-state index in [1.54, 1.807) is 6.20 Å². The van der Waals surface area contributed by atoms with Crippen molar-refractivity contribution in [3.05, 3.63) is 64.5 Å². The number of pyridine rings is 1. The van der Waals surface area contributed by atoms with Crippen molar-refractivity contribution in [2.45, 2.75) is 12.5 Å². The number of fused-ring (bicyclic) bond motifs is 1. The monoisotopic (exact) mass is 326 g/mol. The van der Waals surface area contributed by atoms with Crippen LogP contribution < -0.4 is 15.4 Å². The number of H-pyrrole nitrogens is 2. The van der Waals surface area contributed by atoms with Crippen LogP contribution in [-0.4, -0.2) is 21.9 Å². The molecule has 8 heteroatoms. The van der Waals surface area contributed by atoms with Gasteiger partial charge in [-0.25, -0.2) is 4.98 Å². The molecule has 2 heterocycles. The summed E-state index contributed by atoms with van der Waals surface area (Å²) in [7, 11) is 0. The summed E-state index contributed by atoms with van der Waals surface area (Å²) in [5.74, 6) is -1.32. The Kier molecular flexibility index (Phi) is 4.11. The molecule has 1 atom stereocenters. The highest BCUT2D eigenvalue weighted by molar-refractivity contribution is 5.84. The number of aromatic amines is 2. The van der Waals surface area contributed by atoms with Crippen LogP contribution in [-0.2, 0) is 11.2 Å². The number of hydrogen-bond donors (Lipinski definition) is 2. The molecular formula is C16H14N4O4. The second-order valence-electron chi connectivity index (χ2n) is 5.27. The van der Waals surface area contributed by atoms with E-state index in [0.717, 1.165) is 16.5 Å². The molecule has 24 heavy (non-hydrogen) atoms. The molecule has 3 aromatic rings. The molecule has 0 saturated carbocycles. The molecule has 0 fully saturated rings. The van der Waals surface area contributed by atoms with Gasteiger partial charge in [0.05, 0.1) is 17.1 Å². The van der Waals surface area contributed by atoms with E-state index in [0.29, 0.717) is 0 Å². The fraction of sp³-hybridized carbons (Fsp3) is 0.125. The van der Waals surface area contributed by atoms with Crippen molar-refractivity contribution in [3.8, 4) is 0 Å². The molecule has 0 saturated heterocycles. The number of para-hydroxylation sites is 1. The highest BCUT2D eigenvalue weighted by Crippen LogP contribution is 2.22. The maximum Gasteiger partial charge on any atom is 0.357 e. The zero-order valence-corrected chi connectivity index (χ0v) is 12.5. The Hall–Kier alpha value is -3.42. The number of aliphatic carboxylic acids is 1. The Morgan fingerprint density at radius 3 is 2.83 bits per heavy atom. The van der Waals surface area contributed by atoms with Gasteiger partial charge in [0.15, 0.2) is 0 Å². The maximum atomic E-state index is 11.5. The minimum absolute atomic E-state index is 0.0246. The van der Waals surface area contributed by atoms with Gasteiger partial charge in [0.2, 0.25) is 0 Å². The number of aromatic nitrogens is 2. The standard InChI is InChI=1S/C16H14N4O4/c21-16(22)13(19-15-14(20(23)24)6-3-7-17-15)8-10-9-18-12-5-2-1-4-11(10)12/h1-7,9,13,18H,8H2,(H,17,19)(H,21,22)/t13-/m0/s1. The highest BCUT2D eigenvalue weighted by atomic mass is 16.6. The number of nitrogens with one attached hydrogen (secondary N) is 3. The van der Waals surface area contributed by atoms with Gasteiger partial charge in [0, 0.05) is 29.6 Å². The number of carboxylic acid groups (broad SMARTS) is 1. The highest BCUT2D eigenvalue weighted by Gasteiger charge is 2.25. The second kappa shape index (κ2) is 6.37. The van der Waals surface area contributed by atoms with Gasteiger partial charge in [-0.15, -0.1) is 0 Å². The van der Waals surface area contributed by atoms with Crippen LogP contribution in [0.3, 0.4) is 0 Å². The van der Waals surface area contributed by atoms with Crippen molar-refractivity contribution in [1.29, 1.82) is 0 Å². The largest absolute Gasteiger partial charge is 0.546 e. The summed E-state index contributed by atoms with van der Waals surface area (Å²) < 4.78 is 0. The first kappa shape index (κ1) is 15.5. The lowest BCUT2D eigenvalue weighted by atomic mass is 10.0. The summed E-state index contributed by atoms with van der Waals surface area (Å²) in [5.41, 5.74) is 1.44. The predicted molar refractivity (Wildman–Crippen MR) is 84.1 cm³/mol. The Balaban J connectivity index is 1.89. The third kappa shape index (κ3) is 3.02. The van der Waals surface area contributed by atoms with Crippen molar-refractivity contribution in [3.63, 3.8) is 0 Å². The topological polar surface area (TPSA) is 125 Å². The van der Waals surface area contributed by atoms with Crippen LogP contribution in [0.2, 0.25) is 0 Å². The number of carboxylic acids is 1. The first-order chi connectivity index (χ1) is 11.6. The number of nitro groups is 1. The van der Waals surface area contributed by atoms with Crippen molar-refractivity contribution in [2.24, 2.45) is 0 Å². The Morgan fingerprint density at radius 1 is 1.29 bits per heavy atom. The minimum atomic E-state index is -1.34. The van der Waals surface area contributed by atoms with E-state index in [1.807, 2.05) is 24.3 Å². The van der Waals surface area contributed by atoms with Gasteiger partial charge in [0.1, 0.15) is 6.04 Å². The van der Waals surface area contributed by atoms with Crippen LogP contribution in [0.5, 0.6) is 0 Å². The zero-order chi connectivity index (χ0) is 17.1. The molecule has 0 bridgehead atoms. The summed E-state index contributed by atoms with van der Waals surface area (Å²) >= 11 is 0. The van der Waals surface area contributed by atoms with E-state index < -0.39 is 16.9 Å². The Labute approximate surface area is 136 Å². The third-order valence-corrected chi connectivity index (χ3v) is 3.73. The summed E-state index contributed by atoms with van der Waals surface area (Å²) in [4.78, 5) is 27.7. The van der Waals surface area contributed by atoms with Gasteiger partial charge in [-0.1, -0.05) is 18.2 Å². The molecule has 2 aromatic heterocycles. The fourth-order valence-electron chi connectivity index (χ4n) is 2.58. The molecule has 122 valence electrons. The van der Waals surface area contributed by atoms with E-state index in [9.17, 15) is 20.0 Å². The zero-order valence-electron chi connectivity index (χ0n) is 12.5. The molecule has 0 aliphatic heterocycles. The first-order valence-corrected chi connectivity index (χ1v) is 7.23. The number of hydrogen-bond acceptors (Lipinski definition) is 5. The van der Waals surface area contributed by atoms with Crippen LogP contribution in [0.25, 0.3) is 10.9 Å². The second-order valence-corrected chi connectivity index (χ2v) is 5.27. The Morgan fingerprint density at radius 2 is 2.08 bits per heavy atom. The number of carbonyl (C=O) groups excluding carboxylic acids is 1. The molecule has 0 aliphatic rings. The summed E-state index contributed by atoms with van der Waals surface area (Å²) in [5, 5.41) is 26.1. The van der Waals surface area contributed by atoms with E-state index in [-0.39, 0.29) is 17.9 Å². The molecule has 0 amide bonds. The molecule has 0 spiro atoms. The molecule has 0 unspecified atom stereocenters. The van der Waals surface area contributed by atoms with E-state index in [1.165, 1.54) is 18.3 Å². The number of rotatable bonds is 6. The number of anilines is 1. The van der Waals surface area contributed by atoms with Crippen LogP contribution in [0.4, 0.5) is 11.5 Å². The Bertz CT molecular complexity index is 906. The average molecular weight is 326 g/mol. The fourth-order valence-corrected chi connectivity index (χ4v) is 2.58. The molecule has 8 nitrogen and oxygen atoms in total. The van der Waals surface area contributed by atoms with Crippen LogP contribution in [0, 0.1) is 10.1 Å². The molecular weight excluding hydrogens is 312 g/mol. The lowest BCUT2D eigenvalue weighted by molar-refractivity contribution is -0.410. The van der Waals surface area contributed by atoms with E-state index >= 15 is 0 Å². The van der Waals surface area contributed by atoms with Gasteiger partial charge in [0.25, 0.3) is 0 Å². The lowest BCUT2D eigenvalue weighted by Crippen LogP contribution is -2.43. The summed E-state index contributed by atoms with van der Waals surface area (Å²) in [6.45, 7) is 0. The van der Waals surface area contributed by atoms with E-state index in [4.69, 9.17) is 0 Å². The van der Waals surface area contributed by atoms with Crippen LogP contribution >= 0.6 is 0 Å². The van der Waals surface area contributed by atoms with Gasteiger partial charge in [-0.2, -0.15) is 0 Å². The predicted octanol–water partition coefficient (Wildman–Crippen LogP) is 0.663. The number of benzene rings is 1. The molecule has 0 aliphatic carbocycles. The molecule has 3 N–H and O–H groups in total. The van der Waals surface area contributed by atoms with Gasteiger partial charge in [-0.05, 0) is 17.7 Å². The smallest absolute Gasteiger partial charge is 0.357 e. The van der Waals surface area contributed by atoms with Crippen LogP contribution in [0.15, 0.2) is 48.8 Å². The molecule has 0 radical (unpaired) electrons. The lowest BCUT2D eigenvalue weighted by Gasteiger charge is -2.14. The summed E-state index contributed by atoms with van der Waals surface area (Å²) in [6, 6.07) is 9.13. The van der Waals surface area contributed by atoms with E-state index in [2.05, 4.69) is 15.3 Å². The third-order valence-electron chi connectivity index (χ3n) is 3.73. The number of carbonyl (C=O) groups is 1.